The minimum atomic E-state index is -0.933. The van der Waals surface area contributed by atoms with Crippen molar-refractivity contribution >= 4 is 16.9 Å². The smallest absolute Gasteiger partial charge is 0.311 e. The van der Waals surface area contributed by atoms with Gasteiger partial charge in [-0.1, -0.05) is 0 Å². The van der Waals surface area contributed by atoms with E-state index in [2.05, 4.69) is 0 Å². The summed E-state index contributed by atoms with van der Waals surface area (Å²) >= 11 is 0. The zero-order valence-corrected chi connectivity index (χ0v) is 16.8. The third kappa shape index (κ3) is 5.40. The van der Waals surface area contributed by atoms with Crippen LogP contribution in [0.4, 0.5) is 0 Å². The van der Waals surface area contributed by atoms with E-state index in [0.29, 0.717) is 35.0 Å². The van der Waals surface area contributed by atoms with Crippen LogP contribution in [0.5, 0.6) is 5.75 Å². The fourth-order valence-corrected chi connectivity index (χ4v) is 2.61. The zero-order valence-electron chi connectivity index (χ0n) is 16.8. The van der Waals surface area contributed by atoms with E-state index in [0.717, 1.165) is 5.39 Å². The molecule has 2 aromatic heterocycles. The number of ether oxygens (including phenoxy) is 2. The number of aliphatic hydroxyl groups excluding tert-OH is 2. The molecule has 7 heteroatoms. The van der Waals surface area contributed by atoms with E-state index >= 15 is 0 Å². The van der Waals surface area contributed by atoms with Crippen LogP contribution in [0.25, 0.3) is 22.5 Å². The van der Waals surface area contributed by atoms with E-state index in [1.165, 1.54) is 0 Å². The number of benzene rings is 1. The fraction of sp³-hybridized carbons (Fsp3) is 0.409. The van der Waals surface area contributed by atoms with Crippen LogP contribution in [-0.4, -0.2) is 42.1 Å². The van der Waals surface area contributed by atoms with Crippen LogP contribution < -0.4 is 4.74 Å². The minimum absolute atomic E-state index is 0.0147. The molecular weight excluding hydrogens is 376 g/mol. The molecule has 1 unspecified atom stereocenters. The van der Waals surface area contributed by atoms with Gasteiger partial charge in [0.15, 0.2) is 11.5 Å². The molecule has 0 bridgehead atoms. The average Bonchev–Trinajstić information content (AvgIpc) is 3.30. The first-order valence-corrected chi connectivity index (χ1v) is 9.48. The Balaban J connectivity index is 1.60. The second-order valence-corrected chi connectivity index (χ2v) is 7.86. The van der Waals surface area contributed by atoms with Gasteiger partial charge in [0.2, 0.25) is 0 Å². The molecule has 7 nitrogen and oxygen atoms in total. The van der Waals surface area contributed by atoms with Crippen molar-refractivity contribution < 1.29 is 33.3 Å². The van der Waals surface area contributed by atoms with Crippen LogP contribution in [0.3, 0.4) is 0 Å². The summed E-state index contributed by atoms with van der Waals surface area (Å²) in [7, 11) is 0. The maximum Gasteiger partial charge on any atom is 0.311 e. The first-order chi connectivity index (χ1) is 13.8. The molecule has 1 atom stereocenters. The molecular formula is C22H26O7. The summed E-state index contributed by atoms with van der Waals surface area (Å²) in [4.78, 5) is 11.7. The Bertz CT molecular complexity index is 961. The van der Waals surface area contributed by atoms with Crippen molar-refractivity contribution in [3.05, 3.63) is 42.2 Å². The average molecular weight is 402 g/mol. The maximum atomic E-state index is 11.7. The molecule has 2 heterocycles. The van der Waals surface area contributed by atoms with E-state index in [4.69, 9.17) is 23.4 Å². The second kappa shape index (κ2) is 8.71. The second-order valence-electron chi connectivity index (χ2n) is 7.86. The molecule has 0 spiro atoms. The van der Waals surface area contributed by atoms with Gasteiger partial charge in [-0.2, -0.15) is 0 Å². The van der Waals surface area contributed by atoms with Crippen molar-refractivity contribution in [1.82, 2.24) is 0 Å². The Morgan fingerprint density at radius 2 is 1.86 bits per heavy atom. The monoisotopic (exact) mass is 402 g/mol. The first-order valence-electron chi connectivity index (χ1n) is 9.48. The Morgan fingerprint density at radius 3 is 2.59 bits per heavy atom. The highest BCUT2D eigenvalue weighted by molar-refractivity contribution is 5.83. The Hall–Kier alpha value is -2.77. The number of hydrogen-bond donors (Lipinski definition) is 2. The van der Waals surface area contributed by atoms with Crippen LogP contribution in [0.15, 0.2) is 45.2 Å². The summed E-state index contributed by atoms with van der Waals surface area (Å²) in [6.45, 7) is 5.13. The number of aliphatic hydroxyl groups is 2. The van der Waals surface area contributed by atoms with Gasteiger partial charge in [-0.25, -0.2) is 0 Å². The molecule has 0 aliphatic heterocycles. The predicted octanol–water partition coefficient (Wildman–Crippen LogP) is 3.56. The highest BCUT2D eigenvalue weighted by Gasteiger charge is 2.24. The lowest BCUT2D eigenvalue weighted by Crippen LogP contribution is -2.30. The molecule has 29 heavy (non-hydrogen) atoms. The van der Waals surface area contributed by atoms with E-state index in [1.807, 2.05) is 12.1 Å². The summed E-state index contributed by atoms with van der Waals surface area (Å²) in [6.07, 6.45) is -0.483. The molecule has 0 fully saturated rings. The van der Waals surface area contributed by atoms with Crippen LogP contribution in [0.1, 0.15) is 26.5 Å². The summed E-state index contributed by atoms with van der Waals surface area (Å²) in [5, 5.41) is 19.9. The van der Waals surface area contributed by atoms with Gasteiger partial charge in [-0.15, -0.1) is 0 Å². The maximum absolute atomic E-state index is 11.7. The number of esters is 1. The predicted molar refractivity (Wildman–Crippen MR) is 107 cm³/mol. The van der Waals surface area contributed by atoms with E-state index in [-0.39, 0.29) is 25.8 Å². The third-order valence-corrected chi connectivity index (χ3v) is 4.22. The number of rotatable bonds is 8. The van der Waals surface area contributed by atoms with Gasteiger partial charge in [0, 0.05) is 17.9 Å². The van der Waals surface area contributed by atoms with Crippen molar-refractivity contribution in [1.29, 1.82) is 0 Å². The summed E-state index contributed by atoms with van der Waals surface area (Å²) in [5.74, 6) is 2.01. The van der Waals surface area contributed by atoms with Crippen LogP contribution in [0, 0.1) is 5.41 Å². The molecule has 0 aliphatic carbocycles. The first kappa shape index (κ1) is 21.0. The lowest BCUT2D eigenvalue weighted by atomic mass is 9.97. The molecule has 0 aliphatic rings. The number of furan rings is 2. The van der Waals surface area contributed by atoms with Crippen LogP contribution in [-0.2, 0) is 16.0 Å². The van der Waals surface area contributed by atoms with Gasteiger partial charge >= 0.3 is 5.97 Å². The summed E-state index contributed by atoms with van der Waals surface area (Å²) < 4.78 is 22.2. The number of fused-ring (bicyclic) bond motifs is 1. The van der Waals surface area contributed by atoms with Crippen LogP contribution in [0.2, 0.25) is 0 Å². The molecule has 156 valence electrons. The SMILES string of the molecule is CC(C)(C)C(=O)OCC(O)COc1ccc2cc(-c3ccc(CCO)o3)oc2c1. The molecule has 3 aromatic rings. The highest BCUT2D eigenvalue weighted by atomic mass is 16.5. The van der Waals surface area contributed by atoms with Crippen molar-refractivity contribution in [2.24, 2.45) is 5.41 Å². The van der Waals surface area contributed by atoms with Gasteiger partial charge in [0.1, 0.15) is 36.4 Å². The topological polar surface area (TPSA) is 102 Å². The van der Waals surface area contributed by atoms with E-state index < -0.39 is 11.5 Å². The van der Waals surface area contributed by atoms with Gasteiger partial charge in [-0.05, 0) is 51.1 Å². The Morgan fingerprint density at radius 1 is 1.07 bits per heavy atom. The largest absolute Gasteiger partial charge is 0.491 e. The van der Waals surface area contributed by atoms with Gasteiger partial charge in [0.25, 0.3) is 0 Å². The quantitative estimate of drug-likeness (QED) is 0.556. The fourth-order valence-electron chi connectivity index (χ4n) is 2.61. The molecule has 0 amide bonds. The number of hydrogen-bond acceptors (Lipinski definition) is 7. The van der Waals surface area contributed by atoms with Crippen molar-refractivity contribution in [2.45, 2.75) is 33.3 Å². The van der Waals surface area contributed by atoms with E-state index in [9.17, 15) is 9.90 Å². The molecule has 3 rings (SSSR count). The summed E-state index contributed by atoms with van der Waals surface area (Å²) in [5.41, 5.74) is 0.00129. The normalized spacial score (nSPS) is 12.9. The number of carbonyl (C=O) groups is 1. The Labute approximate surface area is 168 Å². The molecule has 0 saturated heterocycles. The van der Waals surface area contributed by atoms with E-state index in [1.54, 1.807) is 45.0 Å². The van der Waals surface area contributed by atoms with Crippen molar-refractivity contribution in [2.75, 3.05) is 19.8 Å². The van der Waals surface area contributed by atoms with Crippen molar-refractivity contribution in [3.63, 3.8) is 0 Å². The molecule has 2 N–H and O–H groups in total. The standard InChI is InChI=1S/C22H26O7/c1-22(2,3)21(25)27-13-15(24)12-26-17-5-4-14-10-20(29-19(14)11-17)18-7-6-16(28-18)8-9-23/h4-7,10-11,15,23-24H,8-9,12-13H2,1-3H3. The van der Waals surface area contributed by atoms with Gasteiger partial charge in [0.05, 0.1) is 12.0 Å². The highest BCUT2D eigenvalue weighted by Crippen LogP contribution is 2.31. The molecule has 0 radical (unpaired) electrons. The lowest BCUT2D eigenvalue weighted by Gasteiger charge is -2.18. The minimum Gasteiger partial charge on any atom is -0.491 e. The van der Waals surface area contributed by atoms with Gasteiger partial charge < -0.3 is 28.5 Å². The molecule has 0 saturated carbocycles. The van der Waals surface area contributed by atoms with Crippen LogP contribution >= 0.6 is 0 Å². The molecule has 1 aromatic carbocycles. The van der Waals surface area contributed by atoms with Gasteiger partial charge in [-0.3, -0.25) is 4.79 Å². The van der Waals surface area contributed by atoms with Crippen molar-refractivity contribution in [3.8, 4) is 17.3 Å². The number of carbonyl (C=O) groups excluding carboxylic acids is 1. The third-order valence-electron chi connectivity index (χ3n) is 4.22. The zero-order chi connectivity index (χ0) is 21.0. The Kier molecular flexibility index (Phi) is 6.30. The lowest BCUT2D eigenvalue weighted by molar-refractivity contribution is -0.156. The summed E-state index contributed by atoms with van der Waals surface area (Å²) in [6, 6.07) is 10.8.